The van der Waals surface area contributed by atoms with E-state index in [1.807, 2.05) is 6.92 Å². The Morgan fingerprint density at radius 2 is 2.00 bits per heavy atom. The van der Waals surface area contributed by atoms with Gasteiger partial charge in [-0.05, 0) is 19.1 Å². The number of nitrogens with zero attached hydrogens (tertiary/aromatic N) is 2. The van der Waals surface area contributed by atoms with E-state index in [0.717, 1.165) is 6.54 Å². The SMILES string of the molecule is CCn1cnc(C(O)Cc2c(F)cccc2F)c1. The van der Waals surface area contributed by atoms with Crippen LogP contribution in [0.2, 0.25) is 0 Å². The predicted octanol–water partition coefficient (Wildman–Crippen LogP) is 2.46. The van der Waals surface area contributed by atoms with Crippen LogP contribution in [-0.4, -0.2) is 14.7 Å². The van der Waals surface area contributed by atoms with Gasteiger partial charge in [-0.3, -0.25) is 0 Å². The average molecular weight is 252 g/mol. The fourth-order valence-corrected chi connectivity index (χ4v) is 1.75. The van der Waals surface area contributed by atoms with Crippen LogP contribution in [0.3, 0.4) is 0 Å². The van der Waals surface area contributed by atoms with E-state index in [4.69, 9.17) is 0 Å². The van der Waals surface area contributed by atoms with Crippen LogP contribution < -0.4 is 0 Å². The van der Waals surface area contributed by atoms with Crippen molar-refractivity contribution in [1.29, 1.82) is 0 Å². The van der Waals surface area contributed by atoms with Crippen molar-refractivity contribution >= 4 is 0 Å². The molecule has 0 amide bonds. The lowest BCUT2D eigenvalue weighted by Gasteiger charge is -2.09. The van der Waals surface area contributed by atoms with Gasteiger partial charge in [0.05, 0.1) is 12.0 Å². The van der Waals surface area contributed by atoms with Gasteiger partial charge in [0.25, 0.3) is 0 Å². The Morgan fingerprint density at radius 3 is 2.56 bits per heavy atom. The van der Waals surface area contributed by atoms with Crippen molar-refractivity contribution in [2.45, 2.75) is 26.0 Å². The molecule has 0 aliphatic heterocycles. The second-order valence-electron chi connectivity index (χ2n) is 4.05. The molecule has 0 aliphatic rings. The van der Waals surface area contributed by atoms with E-state index in [1.54, 1.807) is 17.1 Å². The van der Waals surface area contributed by atoms with Crippen molar-refractivity contribution in [2.75, 3.05) is 0 Å². The Kier molecular flexibility index (Phi) is 3.72. The minimum Gasteiger partial charge on any atom is -0.386 e. The summed E-state index contributed by atoms with van der Waals surface area (Å²) >= 11 is 0. The second-order valence-corrected chi connectivity index (χ2v) is 4.05. The Balaban J connectivity index is 2.18. The number of aliphatic hydroxyl groups excluding tert-OH is 1. The van der Waals surface area contributed by atoms with Crippen LogP contribution >= 0.6 is 0 Å². The van der Waals surface area contributed by atoms with E-state index in [9.17, 15) is 13.9 Å². The van der Waals surface area contributed by atoms with Crippen molar-refractivity contribution in [3.8, 4) is 0 Å². The van der Waals surface area contributed by atoms with Gasteiger partial charge < -0.3 is 9.67 Å². The third kappa shape index (κ3) is 2.56. The zero-order valence-corrected chi connectivity index (χ0v) is 9.98. The molecule has 0 bridgehead atoms. The highest BCUT2D eigenvalue weighted by atomic mass is 19.1. The molecule has 0 spiro atoms. The summed E-state index contributed by atoms with van der Waals surface area (Å²) in [4.78, 5) is 4.01. The summed E-state index contributed by atoms with van der Waals surface area (Å²) in [5, 5.41) is 9.92. The summed E-state index contributed by atoms with van der Waals surface area (Å²) in [6.07, 6.45) is 2.11. The second kappa shape index (κ2) is 5.27. The van der Waals surface area contributed by atoms with E-state index in [0.29, 0.717) is 5.69 Å². The first-order valence-electron chi connectivity index (χ1n) is 5.74. The van der Waals surface area contributed by atoms with Gasteiger partial charge in [-0.15, -0.1) is 0 Å². The first-order valence-corrected chi connectivity index (χ1v) is 5.74. The standard InChI is InChI=1S/C13H14F2N2O/c1-2-17-7-12(16-8-17)13(18)6-9-10(14)4-3-5-11(9)15/h3-5,7-8,13,18H,2,6H2,1H3. The highest BCUT2D eigenvalue weighted by Crippen LogP contribution is 2.21. The molecule has 2 rings (SSSR count). The molecular formula is C13H14F2N2O. The fraction of sp³-hybridized carbons (Fsp3) is 0.308. The molecule has 1 heterocycles. The van der Waals surface area contributed by atoms with Crippen LogP contribution in [0.4, 0.5) is 8.78 Å². The predicted molar refractivity (Wildman–Crippen MR) is 62.9 cm³/mol. The van der Waals surface area contributed by atoms with Crippen molar-refractivity contribution in [2.24, 2.45) is 0 Å². The van der Waals surface area contributed by atoms with Crippen molar-refractivity contribution in [1.82, 2.24) is 9.55 Å². The Bertz CT molecular complexity index is 519. The lowest BCUT2D eigenvalue weighted by Crippen LogP contribution is -2.06. The molecule has 0 aliphatic carbocycles. The van der Waals surface area contributed by atoms with Crippen LogP contribution in [0.15, 0.2) is 30.7 Å². The van der Waals surface area contributed by atoms with E-state index < -0.39 is 17.7 Å². The number of benzene rings is 1. The summed E-state index contributed by atoms with van der Waals surface area (Å²) < 4.78 is 28.6. The number of aliphatic hydroxyl groups is 1. The monoisotopic (exact) mass is 252 g/mol. The molecule has 1 aromatic carbocycles. The van der Waals surface area contributed by atoms with Gasteiger partial charge in [-0.1, -0.05) is 6.07 Å². The maximum atomic E-state index is 13.4. The summed E-state index contributed by atoms with van der Waals surface area (Å²) in [6, 6.07) is 3.65. The van der Waals surface area contributed by atoms with Gasteiger partial charge in [0.15, 0.2) is 0 Å². The van der Waals surface area contributed by atoms with Crippen molar-refractivity contribution < 1.29 is 13.9 Å². The normalized spacial score (nSPS) is 12.7. The number of aryl methyl sites for hydroxylation is 1. The third-order valence-corrected chi connectivity index (χ3v) is 2.82. The Morgan fingerprint density at radius 1 is 1.33 bits per heavy atom. The molecule has 1 N–H and O–H groups in total. The number of rotatable bonds is 4. The van der Waals surface area contributed by atoms with E-state index in [-0.39, 0.29) is 12.0 Å². The molecule has 2 aromatic rings. The lowest BCUT2D eigenvalue weighted by molar-refractivity contribution is 0.171. The maximum absolute atomic E-state index is 13.4. The third-order valence-electron chi connectivity index (χ3n) is 2.82. The number of halogens is 2. The molecule has 1 aromatic heterocycles. The molecular weight excluding hydrogens is 238 g/mol. The zero-order valence-electron chi connectivity index (χ0n) is 9.98. The van der Waals surface area contributed by atoms with Crippen LogP contribution in [-0.2, 0) is 13.0 Å². The zero-order chi connectivity index (χ0) is 13.1. The molecule has 1 atom stereocenters. The minimum absolute atomic E-state index is 0.115. The molecule has 0 saturated heterocycles. The van der Waals surface area contributed by atoms with Crippen molar-refractivity contribution in [3.05, 3.63) is 53.6 Å². The Labute approximate surface area is 104 Å². The number of hydrogen-bond donors (Lipinski definition) is 1. The lowest BCUT2D eigenvalue weighted by atomic mass is 10.0. The summed E-state index contributed by atoms with van der Waals surface area (Å²) in [5.41, 5.74) is 0.301. The van der Waals surface area contributed by atoms with Gasteiger partial charge in [-0.25, -0.2) is 13.8 Å². The average Bonchev–Trinajstić information content (AvgIpc) is 2.82. The molecule has 0 fully saturated rings. The first kappa shape index (κ1) is 12.7. The van der Waals surface area contributed by atoms with Crippen molar-refractivity contribution in [3.63, 3.8) is 0 Å². The van der Waals surface area contributed by atoms with Crippen LogP contribution in [0, 0.1) is 11.6 Å². The molecule has 3 nitrogen and oxygen atoms in total. The molecule has 96 valence electrons. The minimum atomic E-state index is -1.01. The number of imidazole rings is 1. The van der Waals surface area contributed by atoms with Gasteiger partial charge in [0.1, 0.15) is 17.7 Å². The number of hydrogen-bond acceptors (Lipinski definition) is 2. The largest absolute Gasteiger partial charge is 0.386 e. The van der Waals surface area contributed by atoms with Crippen LogP contribution in [0.5, 0.6) is 0 Å². The van der Waals surface area contributed by atoms with E-state index in [1.165, 1.54) is 18.2 Å². The Hall–Kier alpha value is -1.75. The van der Waals surface area contributed by atoms with Crippen LogP contribution in [0.25, 0.3) is 0 Å². The fourth-order valence-electron chi connectivity index (χ4n) is 1.75. The molecule has 1 unspecified atom stereocenters. The van der Waals surface area contributed by atoms with E-state index in [2.05, 4.69) is 4.98 Å². The maximum Gasteiger partial charge on any atom is 0.129 e. The molecule has 0 saturated carbocycles. The highest BCUT2D eigenvalue weighted by molar-refractivity contribution is 5.21. The highest BCUT2D eigenvalue weighted by Gasteiger charge is 2.17. The molecule has 0 radical (unpaired) electrons. The quantitative estimate of drug-likeness (QED) is 0.907. The molecule has 5 heteroatoms. The molecule has 18 heavy (non-hydrogen) atoms. The first-order chi connectivity index (χ1) is 8.61. The van der Waals surface area contributed by atoms with Gasteiger partial charge in [-0.2, -0.15) is 0 Å². The summed E-state index contributed by atoms with van der Waals surface area (Å²) in [5.74, 6) is -1.30. The van der Waals surface area contributed by atoms with Gasteiger partial charge in [0, 0.05) is 24.7 Å². The smallest absolute Gasteiger partial charge is 0.129 e. The summed E-state index contributed by atoms with van der Waals surface area (Å²) in [7, 11) is 0. The van der Waals surface area contributed by atoms with Gasteiger partial charge >= 0.3 is 0 Å². The van der Waals surface area contributed by atoms with Gasteiger partial charge in [0.2, 0.25) is 0 Å². The van der Waals surface area contributed by atoms with Crippen LogP contribution in [0.1, 0.15) is 24.3 Å². The topological polar surface area (TPSA) is 38.0 Å². The number of aromatic nitrogens is 2. The van der Waals surface area contributed by atoms with E-state index >= 15 is 0 Å². The summed E-state index contributed by atoms with van der Waals surface area (Å²) in [6.45, 7) is 2.67.